The number of hydrogen-bond acceptors (Lipinski definition) is 3. The van der Waals surface area contributed by atoms with E-state index in [-0.39, 0.29) is 0 Å². The van der Waals surface area contributed by atoms with E-state index >= 15 is 0 Å². The van der Waals surface area contributed by atoms with Gasteiger partial charge in [0, 0.05) is 12.2 Å². The molecule has 4 nitrogen and oxygen atoms in total. The molecular weight excluding hydrogens is 272 g/mol. The lowest BCUT2D eigenvalue weighted by molar-refractivity contribution is 0.289. The van der Waals surface area contributed by atoms with Gasteiger partial charge in [0.1, 0.15) is 0 Å². The van der Waals surface area contributed by atoms with Crippen molar-refractivity contribution in [3.63, 3.8) is 0 Å². The summed E-state index contributed by atoms with van der Waals surface area (Å²) in [5, 5.41) is 0. The van der Waals surface area contributed by atoms with Crippen molar-refractivity contribution in [3.8, 4) is 0 Å². The number of hydrogen-bond donors (Lipinski definition) is 1. The van der Waals surface area contributed by atoms with Crippen LogP contribution in [0, 0.1) is 0 Å². The summed E-state index contributed by atoms with van der Waals surface area (Å²) in [6.45, 7) is 3.45. The Balaban J connectivity index is 1.90. The smallest absolute Gasteiger partial charge is 0.229 e. The van der Waals surface area contributed by atoms with Gasteiger partial charge in [0.2, 0.25) is 10.0 Å². The number of nitrogens with one attached hydrogen (secondary N) is 1. The molecule has 20 heavy (non-hydrogen) atoms. The molecule has 1 aliphatic rings. The molecule has 112 valence electrons. The fourth-order valence-corrected chi connectivity index (χ4v) is 3.21. The van der Waals surface area contributed by atoms with E-state index in [9.17, 15) is 8.42 Å². The molecule has 1 aromatic carbocycles. The quantitative estimate of drug-likeness (QED) is 0.908. The number of anilines is 1. The molecule has 1 aromatic rings. The van der Waals surface area contributed by atoms with Crippen molar-refractivity contribution >= 4 is 15.7 Å². The van der Waals surface area contributed by atoms with Gasteiger partial charge in [-0.3, -0.25) is 4.72 Å². The van der Waals surface area contributed by atoms with Gasteiger partial charge in [-0.2, -0.15) is 0 Å². The monoisotopic (exact) mass is 296 g/mol. The van der Waals surface area contributed by atoms with E-state index in [1.54, 1.807) is 6.07 Å². The van der Waals surface area contributed by atoms with Crippen LogP contribution in [0.4, 0.5) is 5.69 Å². The average Bonchev–Trinajstić information content (AvgIpc) is 2.63. The van der Waals surface area contributed by atoms with Crippen LogP contribution in [0.3, 0.4) is 0 Å². The zero-order valence-electron chi connectivity index (χ0n) is 12.1. The van der Waals surface area contributed by atoms with Crippen LogP contribution < -0.4 is 4.72 Å². The first-order valence-electron chi connectivity index (χ1n) is 7.32. The Morgan fingerprint density at radius 3 is 2.50 bits per heavy atom. The van der Waals surface area contributed by atoms with E-state index in [2.05, 4.69) is 15.7 Å². The Hall–Kier alpha value is -1.07. The first kappa shape index (κ1) is 15.3. The highest BCUT2D eigenvalue weighted by molar-refractivity contribution is 7.92. The number of rotatable bonds is 5. The topological polar surface area (TPSA) is 49.4 Å². The molecule has 5 heteroatoms. The van der Waals surface area contributed by atoms with Crippen LogP contribution in [-0.4, -0.2) is 39.2 Å². The predicted octanol–water partition coefficient (Wildman–Crippen LogP) is 2.48. The summed E-state index contributed by atoms with van der Waals surface area (Å²) < 4.78 is 25.0. The van der Waals surface area contributed by atoms with Crippen LogP contribution in [0.15, 0.2) is 24.3 Å². The molecule has 2 rings (SSSR count). The molecule has 1 saturated heterocycles. The van der Waals surface area contributed by atoms with Crippen LogP contribution in [-0.2, 0) is 16.4 Å². The maximum Gasteiger partial charge on any atom is 0.229 e. The van der Waals surface area contributed by atoms with Crippen molar-refractivity contribution in [2.75, 3.05) is 30.6 Å². The lowest BCUT2D eigenvalue weighted by atomic mass is 10.1. The highest BCUT2D eigenvalue weighted by Crippen LogP contribution is 2.14. The third-order valence-corrected chi connectivity index (χ3v) is 4.25. The summed E-state index contributed by atoms with van der Waals surface area (Å²) >= 11 is 0. The lowest BCUT2D eigenvalue weighted by Gasteiger charge is -2.19. The summed E-state index contributed by atoms with van der Waals surface area (Å²) in [6, 6.07) is 7.69. The van der Waals surface area contributed by atoms with Gasteiger partial charge in [0.15, 0.2) is 0 Å². The van der Waals surface area contributed by atoms with Crippen LogP contribution in [0.2, 0.25) is 0 Å². The zero-order chi connectivity index (χ0) is 14.4. The number of likely N-dealkylation sites (tertiary alicyclic amines) is 1. The van der Waals surface area contributed by atoms with Crippen molar-refractivity contribution in [1.29, 1.82) is 0 Å². The van der Waals surface area contributed by atoms with Gasteiger partial charge >= 0.3 is 0 Å². The summed E-state index contributed by atoms with van der Waals surface area (Å²) in [5.41, 5.74) is 1.84. The maximum atomic E-state index is 11.2. The molecule has 0 aromatic heterocycles. The fourth-order valence-electron chi connectivity index (χ4n) is 2.65. The molecule has 0 bridgehead atoms. The number of sulfonamides is 1. The van der Waals surface area contributed by atoms with E-state index in [0.717, 1.165) is 13.0 Å². The molecule has 0 atom stereocenters. The maximum absolute atomic E-state index is 11.2. The minimum atomic E-state index is -3.19. The van der Waals surface area contributed by atoms with Crippen molar-refractivity contribution < 1.29 is 8.42 Å². The summed E-state index contributed by atoms with van der Waals surface area (Å²) in [5.74, 6) is 0. The van der Waals surface area contributed by atoms with Crippen molar-refractivity contribution in [3.05, 3.63) is 29.8 Å². The molecule has 0 spiro atoms. The third-order valence-electron chi connectivity index (χ3n) is 3.65. The van der Waals surface area contributed by atoms with E-state index in [1.165, 1.54) is 50.6 Å². The van der Waals surface area contributed by atoms with Crippen LogP contribution >= 0.6 is 0 Å². The highest BCUT2D eigenvalue weighted by atomic mass is 32.2. The first-order valence-corrected chi connectivity index (χ1v) is 9.21. The fraction of sp³-hybridized carbons (Fsp3) is 0.600. The molecule has 0 saturated carbocycles. The summed E-state index contributed by atoms with van der Waals surface area (Å²) in [6.07, 6.45) is 7.45. The molecule has 0 aliphatic carbocycles. The average molecular weight is 296 g/mol. The second kappa shape index (κ2) is 7.09. The summed E-state index contributed by atoms with van der Waals surface area (Å²) in [7, 11) is -3.19. The first-order chi connectivity index (χ1) is 9.53. The van der Waals surface area contributed by atoms with E-state index in [1.807, 2.05) is 12.1 Å². The predicted molar refractivity (Wildman–Crippen MR) is 83.5 cm³/mol. The Morgan fingerprint density at radius 2 is 1.85 bits per heavy atom. The van der Waals surface area contributed by atoms with Gasteiger partial charge in [-0.1, -0.05) is 25.0 Å². The normalized spacial score (nSPS) is 17.6. The molecule has 0 radical (unpaired) electrons. The standard InChI is InChI=1S/C15H24N2O2S/c1-20(18,19)16-15-8-6-7-14(13-15)9-12-17-10-4-2-3-5-11-17/h6-8,13,16H,2-5,9-12H2,1H3. The van der Waals surface area contributed by atoms with Crippen LogP contribution in [0.25, 0.3) is 0 Å². The molecule has 1 fully saturated rings. The van der Waals surface area contributed by atoms with Gasteiger partial charge in [-0.05, 0) is 50.0 Å². The third kappa shape index (κ3) is 5.51. The van der Waals surface area contributed by atoms with Crippen LogP contribution in [0.5, 0.6) is 0 Å². The van der Waals surface area contributed by atoms with Crippen molar-refractivity contribution in [2.24, 2.45) is 0 Å². The molecular formula is C15H24N2O2S. The Kier molecular flexibility index (Phi) is 5.43. The lowest BCUT2D eigenvalue weighted by Crippen LogP contribution is -2.26. The summed E-state index contributed by atoms with van der Waals surface area (Å²) in [4.78, 5) is 2.52. The van der Waals surface area contributed by atoms with E-state index in [4.69, 9.17) is 0 Å². The SMILES string of the molecule is CS(=O)(=O)Nc1cccc(CCN2CCCCCC2)c1. The van der Waals surface area contributed by atoms with Gasteiger partial charge in [0.25, 0.3) is 0 Å². The van der Waals surface area contributed by atoms with Gasteiger partial charge in [-0.25, -0.2) is 8.42 Å². The Bertz CT molecular complexity index is 520. The zero-order valence-corrected chi connectivity index (χ0v) is 13.0. The van der Waals surface area contributed by atoms with E-state index < -0.39 is 10.0 Å². The van der Waals surface area contributed by atoms with Crippen LogP contribution in [0.1, 0.15) is 31.2 Å². The Labute approximate surface area is 122 Å². The minimum absolute atomic E-state index is 0.654. The minimum Gasteiger partial charge on any atom is -0.303 e. The largest absolute Gasteiger partial charge is 0.303 e. The van der Waals surface area contributed by atoms with Gasteiger partial charge in [-0.15, -0.1) is 0 Å². The van der Waals surface area contributed by atoms with E-state index in [0.29, 0.717) is 5.69 Å². The van der Waals surface area contributed by atoms with Crippen molar-refractivity contribution in [2.45, 2.75) is 32.1 Å². The molecule has 1 heterocycles. The molecule has 1 aliphatic heterocycles. The van der Waals surface area contributed by atoms with Gasteiger partial charge < -0.3 is 4.90 Å². The molecule has 0 unspecified atom stereocenters. The number of nitrogens with zero attached hydrogens (tertiary/aromatic N) is 1. The van der Waals surface area contributed by atoms with Gasteiger partial charge in [0.05, 0.1) is 6.26 Å². The highest BCUT2D eigenvalue weighted by Gasteiger charge is 2.09. The molecule has 1 N–H and O–H groups in total. The number of benzene rings is 1. The molecule has 0 amide bonds. The Morgan fingerprint density at radius 1 is 1.15 bits per heavy atom. The van der Waals surface area contributed by atoms with Crippen molar-refractivity contribution in [1.82, 2.24) is 4.90 Å². The second-order valence-corrected chi connectivity index (χ2v) is 7.33. The second-order valence-electron chi connectivity index (χ2n) is 5.58.